The van der Waals surface area contributed by atoms with Gasteiger partial charge < -0.3 is 10.2 Å². The van der Waals surface area contributed by atoms with E-state index in [1.807, 2.05) is 23.1 Å². The highest BCUT2D eigenvalue weighted by molar-refractivity contribution is 7.80. The zero-order valence-electron chi connectivity index (χ0n) is 13.9. The van der Waals surface area contributed by atoms with E-state index < -0.39 is 0 Å². The van der Waals surface area contributed by atoms with Crippen molar-refractivity contribution < 1.29 is 9.59 Å². The maximum atomic E-state index is 12.4. The molecule has 0 aromatic heterocycles. The van der Waals surface area contributed by atoms with Gasteiger partial charge in [-0.05, 0) is 37.8 Å². The molecule has 126 valence electrons. The van der Waals surface area contributed by atoms with Crippen LogP contribution in [0.5, 0.6) is 0 Å². The van der Waals surface area contributed by atoms with Crippen LogP contribution in [0.15, 0.2) is 29.2 Å². The van der Waals surface area contributed by atoms with Crippen molar-refractivity contribution in [3.63, 3.8) is 0 Å². The second-order valence-electron chi connectivity index (χ2n) is 6.10. The van der Waals surface area contributed by atoms with Crippen molar-refractivity contribution in [1.82, 2.24) is 10.2 Å². The number of thiol groups is 1. The molecule has 23 heavy (non-hydrogen) atoms. The number of likely N-dealkylation sites (tertiary alicyclic amines) is 1. The molecule has 1 heterocycles. The molecule has 1 saturated heterocycles. The first-order valence-electron chi connectivity index (χ1n) is 8.44. The molecule has 0 unspecified atom stereocenters. The molecular formula is C18H26N2O2S. The van der Waals surface area contributed by atoms with Crippen LogP contribution >= 0.6 is 12.6 Å². The molecule has 1 aliphatic rings. The first kappa shape index (κ1) is 17.9. The van der Waals surface area contributed by atoms with E-state index in [2.05, 4.69) is 31.8 Å². The van der Waals surface area contributed by atoms with Gasteiger partial charge in [0.25, 0.3) is 5.91 Å². The molecule has 1 aromatic rings. The maximum absolute atomic E-state index is 12.4. The van der Waals surface area contributed by atoms with Crippen LogP contribution in [-0.4, -0.2) is 35.8 Å². The van der Waals surface area contributed by atoms with Gasteiger partial charge in [0.05, 0.1) is 5.56 Å². The van der Waals surface area contributed by atoms with Crippen molar-refractivity contribution in [3.8, 4) is 0 Å². The van der Waals surface area contributed by atoms with Crippen LogP contribution in [0.1, 0.15) is 49.9 Å². The molecule has 1 aromatic carbocycles. The predicted molar refractivity (Wildman–Crippen MR) is 94.8 cm³/mol. The molecule has 1 aliphatic heterocycles. The summed E-state index contributed by atoms with van der Waals surface area (Å²) in [6.45, 7) is 5.58. The van der Waals surface area contributed by atoms with E-state index in [4.69, 9.17) is 0 Å². The number of nitrogens with one attached hydrogen (secondary N) is 1. The topological polar surface area (TPSA) is 49.4 Å². The summed E-state index contributed by atoms with van der Waals surface area (Å²) in [5.41, 5.74) is 0.603. The molecule has 0 saturated carbocycles. The van der Waals surface area contributed by atoms with Crippen LogP contribution in [0.2, 0.25) is 0 Å². The summed E-state index contributed by atoms with van der Waals surface area (Å²) < 4.78 is 0. The summed E-state index contributed by atoms with van der Waals surface area (Å²) in [6.07, 6.45) is 3.41. The normalized spacial score (nSPS) is 15.7. The van der Waals surface area contributed by atoms with Crippen LogP contribution in [0.3, 0.4) is 0 Å². The number of amides is 2. The zero-order chi connectivity index (χ0) is 16.8. The Labute approximate surface area is 144 Å². The zero-order valence-corrected chi connectivity index (χ0v) is 14.8. The predicted octanol–water partition coefficient (Wildman–Crippen LogP) is 3.13. The number of rotatable bonds is 5. The lowest BCUT2D eigenvalue weighted by Crippen LogP contribution is -2.48. The number of hydrogen-bond acceptors (Lipinski definition) is 3. The van der Waals surface area contributed by atoms with E-state index in [9.17, 15) is 9.59 Å². The molecule has 2 amide bonds. The standard InChI is InChI=1S/C18H26N2O2S/c1-3-13(4-2)18(22)20-11-9-14(10-12-20)19-17(21)15-7-5-6-8-16(15)23/h5-8,13-14,23H,3-4,9-12H2,1-2H3,(H,19,21). The summed E-state index contributed by atoms with van der Waals surface area (Å²) in [5.74, 6) is 0.318. The van der Waals surface area contributed by atoms with Gasteiger partial charge in [0.15, 0.2) is 0 Å². The minimum atomic E-state index is -0.0830. The highest BCUT2D eigenvalue weighted by Gasteiger charge is 2.27. The Balaban J connectivity index is 1.86. The molecule has 4 nitrogen and oxygen atoms in total. The lowest BCUT2D eigenvalue weighted by molar-refractivity contribution is -0.136. The van der Waals surface area contributed by atoms with E-state index in [0.29, 0.717) is 10.5 Å². The van der Waals surface area contributed by atoms with Gasteiger partial charge in [0.1, 0.15) is 0 Å². The lowest BCUT2D eigenvalue weighted by atomic mass is 9.98. The number of nitrogens with zero attached hydrogens (tertiary/aromatic N) is 1. The van der Waals surface area contributed by atoms with E-state index in [0.717, 1.165) is 38.8 Å². The molecule has 0 radical (unpaired) electrons. The largest absolute Gasteiger partial charge is 0.349 e. The molecule has 0 atom stereocenters. The first-order chi connectivity index (χ1) is 11.1. The third-order valence-electron chi connectivity index (χ3n) is 4.63. The minimum Gasteiger partial charge on any atom is -0.349 e. The van der Waals surface area contributed by atoms with Crippen molar-refractivity contribution in [1.29, 1.82) is 0 Å². The van der Waals surface area contributed by atoms with Gasteiger partial charge in [-0.25, -0.2) is 0 Å². The van der Waals surface area contributed by atoms with Gasteiger partial charge >= 0.3 is 0 Å². The minimum absolute atomic E-state index is 0.0830. The number of carbonyl (C=O) groups excluding carboxylic acids is 2. The highest BCUT2D eigenvalue weighted by atomic mass is 32.1. The number of carbonyl (C=O) groups is 2. The molecule has 0 bridgehead atoms. The van der Waals surface area contributed by atoms with Gasteiger partial charge in [0.2, 0.25) is 5.91 Å². The Morgan fingerprint density at radius 1 is 1.22 bits per heavy atom. The SMILES string of the molecule is CCC(CC)C(=O)N1CCC(NC(=O)c2ccccc2S)CC1. The van der Waals surface area contributed by atoms with Crippen molar-refractivity contribution in [2.45, 2.75) is 50.5 Å². The van der Waals surface area contributed by atoms with Crippen LogP contribution in [0.25, 0.3) is 0 Å². The second-order valence-corrected chi connectivity index (χ2v) is 6.59. The molecule has 1 fully saturated rings. The summed E-state index contributed by atoms with van der Waals surface area (Å²) >= 11 is 4.33. The van der Waals surface area contributed by atoms with Crippen molar-refractivity contribution in [2.75, 3.05) is 13.1 Å². The first-order valence-corrected chi connectivity index (χ1v) is 8.89. The van der Waals surface area contributed by atoms with E-state index >= 15 is 0 Å². The number of benzene rings is 1. The average molecular weight is 334 g/mol. The molecule has 5 heteroatoms. The monoisotopic (exact) mass is 334 g/mol. The van der Waals surface area contributed by atoms with Crippen LogP contribution < -0.4 is 5.32 Å². The van der Waals surface area contributed by atoms with Gasteiger partial charge in [-0.3, -0.25) is 9.59 Å². The van der Waals surface area contributed by atoms with Crippen LogP contribution in [0.4, 0.5) is 0 Å². The second kappa shape index (κ2) is 8.39. The Morgan fingerprint density at radius 2 is 1.83 bits per heavy atom. The molecule has 2 rings (SSSR count). The lowest BCUT2D eigenvalue weighted by Gasteiger charge is -2.34. The van der Waals surface area contributed by atoms with Crippen molar-refractivity contribution >= 4 is 24.4 Å². The Bertz CT molecular complexity index is 550. The summed E-state index contributed by atoms with van der Waals surface area (Å²) in [4.78, 5) is 27.3. The molecule has 0 aliphatic carbocycles. The Hall–Kier alpha value is -1.49. The van der Waals surface area contributed by atoms with Gasteiger partial charge in [-0.1, -0.05) is 26.0 Å². The van der Waals surface area contributed by atoms with Gasteiger partial charge in [-0.2, -0.15) is 0 Å². The quantitative estimate of drug-likeness (QED) is 0.813. The smallest absolute Gasteiger partial charge is 0.252 e. The molecular weight excluding hydrogens is 308 g/mol. The third kappa shape index (κ3) is 4.50. The molecule has 1 N–H and O–H groups in total. The van der Waals surface area contributed by atoms with Crippen molar-refractivity contribution in [2.24, 2.45) is 5.92 Å². The van der Waals surface area contributed by atoms with E-state index in [1.54, 1.807) is 6.07 Å². The van der Waals surface area contributed by atoms with Gasteiger partial charge in [0, 0.05) is 29.9 Å². The van der Waals surface area contributed by atoms with E-state index in [-0.39, 0.29) is 23.8 Å². The fourth-order valence-electron chi connectivity index (χ4n) is 3.07. The summed E-state index contributed by atoms with van der Waals surface area (Å²) in [5, 5.41) is 3.07. The fraction of sp³-hybridized carbons (Fsp3) is 0.556. The van der Waals surface area contributed by atoms with Crippen molar-refractivity contribution in [3.05, 3.63) is 29.8 Å². The van der Waals surface area contributed by atoms with E-state index in [1.165, 1.54) is 0 Å². The average Bonchev–Trinajstić information content (AvgIpc) is 2.57. The van der Waals surface area contributed by atoms with Crippen LogP contribution in [0, 0.1) is 5.92 Å². The Morgan fingerprint density at radius 3 is 2.39 bits per heavy atom. The third-order valence-corrected chi connectivity index (χ3v) is 5.02. The Kier molecular flexibility index (Phi) is 6.51. The summed E-state index contributed by atoms with van der Waals surface area (Å²) in [7, 11) is 0. The maximum Gasteiger partial charge on any atom is 0.252 e. The number of piperidine rings is 1. The number of hydrogen-bond donors (Lipinski definition) is 2. The summed E-state index contributed by atoms with van der Waals surface area (Å²) in [6, 6.07) is 7.42. The molecule has 0 spiro atoms. The van der Waals surface area contributed by atoms with Crippen LogP contribution in [-0.2, 0) is 4.79 Å². The highest BCUT2D eigenvalue weighted by Crippen LogP contribution is 2.18. The fourth-order valence-corrected chi connectivity index (χ4v) is 3.33. The van der Waals surface area contributed by atoms with Gasteiger partial charge in [-0.15, -0.1) is 12.6 Å².